The van der Waals surface area contributed by atoms with E-state index in [0.29, 0.717) is 10.8 Å². The van der Waals surface area contributed by atoms with Crippen molar-refractivity contribution in [2.45, 2.75) is 11.3 Å². The van der Waals surface area contributed by atoms with E-state index in [1.54, 1.807) is 7.05 Å². The molecule has 0 unspecified atom stereocenters. The van der Waals surface area contributed by atoms with Crippen molar-refractivity contribution >= 4 is 39.9 Å². The number of carbonyl (C=O) groups excluding carboxylic acids is 2. The van der Waals surface area contributed by atoms with Gasteiger partial charge in [0.15, 0.2) is 4.34 Å². The highest BCUT2D eigenvalue weighted by molar-refractivity contribution is 8.01. The van der Waals surface area contributed by atoms with Crippen LogP contribution in [-0.4, -0.2) is 29.6 Å². The molecule has 1 heterocycles. The maximum Gasteiger partial charge on any atom is 0.230 e. The zero-order valence-electron chi connectivity index (χ0n) is 11.7. The summed E-state index contributed by atoms with van der Waals surface area (Å²) in [7, 11) is 1.60. The van der Waals surface area contributed by atoms with E-state index in [1.807, 2.05) is 30.3 Å². The molecule has 1 aromatic heterocycles. The zero-order valence-corrected chi connectivity index (χ0v) is 13.3. The molecule has 2 rings (SSSR count). The van der Waals surface area contributed by atoms with Gasteiger partial charge >= 0.3 is 0 Å². The van der Waals surface area contributed by atoms with E-state index in [4.69, 9.17) is 0 Å². The highest BCUT2D eigenvalue weighted by Gasteiger charge is 2.15. The first-order chi connectivity index (χ1) is 10.1. The van der Waals surface area contributed by atoms with Crippen molar-refractivity contribution in [3.05, 3.63) is 30.3 Å². The van der Waals surface area contributed by atoms with Gasteiger partial charge in [-0.2, -0.15) is 0 Å². The number of hydrogen-bond donors (Lipinski definition) is 2. The van der Waals surface area contributed by atoms with E-state index in [0.717, 1.165) is 15.6 Å². The lowest BCUT2D eigenvalue weighted by Gasteiger charge is -2.01. The summed E-state index contributed by atoms with van der Waals surface area (Å²) in [4.78, 5) is 27.1. The largest absolute Gasteiger partial charge is 0.358 e. The molecule has 7 heteroatoms. The Labute approximate surface area is 131 Å². The number of hydrogen-bond acceptors (Lipinski definition) is 5. The van der Waals surface area contributed by atoms with E-state index in [9.17, 15) is 9.59 Å². The Balaban J connectivity index is 2.27. The minimum absolute atomic E-state index is 0.0578. The highest BCUT2D eigenvalue weighted by atomic mass is 32.2. The normalized spacial score (nSPS) is 10.2. The molecular formula is C14H15N3O2S2. The summed E-state index contributed by atoms with van der Waals surface area (Å²) in [6.07, 6.45) is 0. The fourth-order valence-corrected chi connectivity index (χ4v) is 3.58. The van der Waals surface area contributed by atoms with E-state index >= 15 is 0 Å². The first-order valence-electron chi connectivity index (χ1n) is 6.27. The van der Waals surface area contributed by atoms with Crippen LogP contribution in [0.4, 0.5) is 5.00 Å². The standard InChI is InChI=1S/C14H15N3O2S2/c1-9(18)16-13-12(10-6-4-3-5-7-10)17-14(21-13)20-8-11(19)15-2/h3-7H,8H2,1-2H3,(H,15,19)(H,16,18). The van der Waals surface area contributed by atoms with Gasteiger partial charge in [-0.25, -0.2) is 4.98 Å². The zero-order chi connectivity index (χ0) is 15.2. The van der Waals surface area contributed by atoms with Crippen LogP contribution in [0.1, 0.15) is 6.92 Å². The molecule has 0 saturated heterocycles. The first kappa shape index (κ1) is 15.5. The number of aromatic nitrogens is 1. The summed E-state index contributed by atoms with van der Waals surface area (Å²) >= 11 is 2.73. The summed E-state index contributed by atoms with van der Waals surface area (Å²) in [6.45, 7) is 1.46. The molecule has 0 atom stereocenters. The number of rotatable bonds is 5. The molecule has 0 aliphatic rings. The third kappa shape index (κ3) is 4.30. The molecule has 0 saturated carbocycles. The molecule has 2 N–H and O–H groups in total. The molecule has 0 spiro atoms. The van der Waals surface area contributed by atoms with Crippen molar-refractivity contribution in [3.63, 3.8) is 0 Å². The minimum atomic E-state index is -0.140. The van der Waals surface area contributed by atoms with Crippen molar-refractivity contribution in [3.8, 4) is 11.3 Å². The molecule has 0 fully saturated rings. The van der Waals surface area contributed by atoms with Crippen molar-refractivity contribution in [2.24, 2.45) is 0 Å². The second-order valence-electron chi connectivity index (χ2n) is 4.17. The summed E-state index contributed by atoms with van der Waals surface area (Å²) in [6, 6.07) is 9.64. The molecule has 110 valence electrons. The Hall–Kier alpha value is -1.86. The van der Waals surface area contributed by atoms with Crippen molar-refractivity contribution < 1.29 is 9.59 Å². The SMILES string of the molecule is CNC(=O)CSc1nc(-c2ccccc2)c(NC(C)=O)s1. The van der Waals surface area contributed by atoms with Crippen molar-refractivity contribution in [1.29, 1.82) is 0 Å². The molecule has 0 aliphatic heterocycles. The molecule has 5 nitrogen and oxygen atoms in total. The second-order valence-corrected chi connectivity index (χ2v) is 6.39. The first-order valence-corrected chi connectivity index (χ1v) is 8.07. The quantitative estimate of drug-likeness (QED) is 0.831. The number of anilines is 1. The Morgan fingerprint density at radius 2 is 2.00 bits per heavy atom. The third-order valence-electron chi connectivity index (χ3n) is 2.55. The molecule has 21 heavy (non-hydrogen) atoms. The number of benzene rings is 1. The van der Waals surface area contributed by atoms with Crippen LogP contribution in [0.5, 0.6) is 0 Å². The molecular weight excluding hydrogens is 306 g/mol. The average Bonchev–Trinajstić information content (AvgIpc) is 2.87. The van der Waals surface area contributed by atoms with Crippen LogP contribution in [0.2, 0.25) is 0 Å². The predicted octanol–water partition coefficient (Wildman–Crippen LogP) is 2.61. The summed E-state index contributed by atoms with van der Waals surface area (Å²) in [5, 5.41) is 6.07. The maximum atomic E-state index is 11.3. The Bertz CT molecular complexity index is 641. The fourth-order valence-electron chi connectivity index (χ4n) is 1.60. The van der Waals surface area contributed by atoms with Gasteiger partial charge in [-0.1, -0.05) is 53.4 Å². The topological polar surface area (TPSA) is 71.1 Å². The molecule has 1 aromatic carbocycles. The third-order valence-corrected chi connectivity index (χ3v) is 4.66. The van der Waals surface area contributed by atoms with Gasteiger partial charge in [-0.05, 0) is 0 Å². The van der Waals surface area contributed by atoms with Gasteiger partial charge in [0, 0.05) is 19.5 Å². The summed E-state index contributed by atoms with van der Waals surface area (Å²) in [5.74, 6) is 0.105. The van der Waals surface area contributed by atoms with E-state index < -0.39 is 0 Å². The number of nitrogens with one attached hydrogen (secondary N) is 2. The Kier molecular flexibility index (Phi) is 5.35. The lowest BCUT2D eigenvalue weighted by Crippen LogP contribution is -2.19. The Morgan fingerprint density at radius 3 is 2.62 bits per heavy atom. The minimum Gasteiger partial charge on any atom is -0.358 e. The summed E-state index contributed by atoms with van der Waals surface area (Å²) in [5.41, 5.74) is 1.67. The van der Waals surface area contributed by atoms with Gasteiger partial charge in [0.2, 0.25) is 11.8 Å². The van der Waals surface area contributed by atoms with Crippen LogP contribution in [0, 0.1) is 0 Å². The molecule has 2 amide bonds. The number of carbonyl (C=O) groups is 2. The van der Waals surface area contributed by atoms with Gasteiger partial charge in [0.05, 0.1) is 5.75 Å². The van der Waals surface area contributed by atoms with Crippen LogP contribution in [0.15, 0.2) is 34.7 Å². The predicted molar refractivity (Wildman–Crippen MR) is 86.6 cm³/mol. The number of nitrogens with zero attached hydrogens (tertiary/aromatic N) is 1. The van der Waals surface area contributed by atoms with E-state index in [-0.39, 0.29) is 11.8 Å². The van der Waals surface area contributed by atoms with Crippen molar-refractivity contribution in [2.75, 3.05) is 18.1 Å². The van der Waals surface area contributed by atoms with Gasteiger partial charge in [0.1, 0.15) is 10.7 Å². The Morgan fingerprint density at radius 1 is 1.29 bits per heavy atom. The van der Waals surface area contributed by atoms with Gasteiger partial charge in [0.25, 0.3) is 0 Å². The van der Waals surface area contributed by atoms with Crippen LogP contribution < -0.4 is 10.6 Å². The maximum absolute atomic E-state index is 11.3. The van der Waals surface area contributed by atoms with Crippen LogP contribution in [-0.2, 0) is 9.59 Å². The van der Waals surface area contributed by atoms with E-state index in [1.165, 1.54) is 30.0 Å². The van der Waals surface area contributed by atoms with Crippen LogP contribution in [0.25, 0.3) is 11.3 Å². The smallest absolute Gasteiger partial charge is 0.230 e. The van der Waals surface area contributed by atoms with Gasteiger partial charge in [-0.15, -0.1) is 0 Å². The molecule has 0 aliphatic carbocycles. The number of amides is 2. The molecule has 0 radical (unpaired) electrons. The van der Waals surface area contributed by atoms with Crippen LogP contribution >= 0.6 is 23.1 Å². The second kappa shape index (κ2) is 7.24. The lowest BCUT2D eigenvalue weighted by molar-refractivity contribution is -0.118. The molecule has 2 aromatic rings. The van der Waals surface area contributed by atoms with Crippen LogP contribution in [0.3, 0.4) is 0 Å². The molecule has 0 bridgehead atoms. The van der Waals surface area contributed by atoms with E-state index in [2.05, 4.69) is 15.6 Å². The monoisotopic (exact) mass is 321 g/mol. The highest BCUT2D eigenvalue weighted by Crippen LogP contribution is 2.37. The van der Waals surface area contributed by atoms with Gasteiger partial charge < -0.3 is 10.6 Å². The number of thioether (sulfide) groups is 1. The number of thiazole rings is 1. The van der Waals surface area contributed by atoms with Gasteiger partial charge in [-0.3, -0.25) is 9.59 Å². The van der Waals surface area contributed by atoms with Crippen molar-refractivity contribution in [1.82, 2.24) is 10.3 Å². The summed E-state index contributed by atoms with van der Waals surface area (Å²) < 4.78 is 0.751. The average molecular weight is 321 g/mol. The lowest BCUT2D eigenvalue weighted by atomic mass is 10.2. The fraction of sp³-hybridized carbons (Fsp3) is 0.214.